The average Bonchev–Trinajstić information content (AvgIpc) is 3.11. The number of methoxy groups -OCH3 is 3. The molecular weight excluding hydrogens is 701 g/mol. The largest absolute Gasteiger partial charge is 0.534 e. The number of alkyl halides is 3. The van der Waals surface area contributed by atoms with Gasteiger partial charge in [0, 0.05) is 30.7 Å². The van der Waals surface area contributed by atoms with Gasteiger partial charge in [0.15, 0.2) is 34.5 Å². The molecule has 0 N–H and O–H groups in total. The molecular formula is C38H39F3N2O8S. The molecule has 4 aromatic rings. The van der Waals surface area contributed by atoms with Gasteiger partial charge in [-0.05, 0) is 110 Å². The third-order valence-corrected chi connectivity index (χ3v) is 11.1. The van der Waals surface area contributed by atoms with E-state index >= 15 is 0 Å². The minimum absolute atomic E-state index is 0.0983. The molecule has 0 spiro atoms. The maximum atomic E-state index is 13.9. The van der Waals surface area contributed by atoms with Crippen molar-refractivity contribution in [3.63, 3.8) is 0 Å². The molecule has 0 aliphatic carbocycles. The maximum Gasteiger partial charge on any atom is 0.534 e. The van der Waals surface area contributed by atoms with E-state index in [0.29, 0.717) is 59.9 Å². The molecule has 0 aromatic heterocycles. The van der Waals surface area contributed by atoms with E-state index < -0.39 is 27.4 Å². The molecule has 0 saturated carbocycles. The van der Waals surface area contributed by atoms with Gasteiger partial charge < -0.3 is 27.9 Å². The molecule has 0 saturated heterocycles. The van der Waals surface area contributed by atoms with Gasteiger partial charge in [-0.15, -0.1) is 0 Å². The molecule has 4 heterocycles. The Hall–Kier alpha value is -4.66. The molecule has 10 nitrogen and oxygen atoms in total. The zero-order valence-corrected chi connectivity index (χ0v) is 30.2. The van der Waals surface area contributed by atoms with E-state index in [2.05, 4.69) is 4.90 Å². The van der Waals surface area contributed by atoms with Crippen LogP contribution in [-0.2, 0) is 35.8 Å². The Labute approximate surface area is 300 Å². The van der Waals surface area contributed by atoms with Crippen molar-refractivity contribution in [3.8, 4) is 46.0 Å². The highest BCUT2D eigenvalue weighted by molar-refractivity contribution is 7.88. The predicted octanol–water partition coefficient (Wildman–Crippen LogP) is 7.38. The van der Waals surface area contributed by atoms with E-state index in [1.165, 1.54) is 20.3 Å². The van der Waals surface area contributed by atoms with Crippen LogP contribution in [0.3, 0.4) is 0 Å². The van der Waals surface area contributed by atoms with Crippen LogP contribution in [0.2, 0.25) is 0 Å². The molecule has 6 bridgehead atoms. The first-order valence-corrected chi connectivity index (χ1v) is 18.2. The Morgan fingerprint density at radius 3 is 1.98 bits per heavy atom. The number of nitrogens with zero attached hydrogens (tertiary/aromatic N) is 2. The number of likely N-dealkylation sites (N-methyl/N-ethyl adjacent to an activating group) is 2. The van der Waals surface area contributed by atoms with Crippen molar-refractivity contribution >= 4 is 10.1 Å². The van der Waals surface area contributed by atoms with Crippen LogP contribution in [0.1, 0.15) is 45.5 Å². The van der Waals surface area contributed by atoms with E-state index in [1.54, 1.807) is 13.2 Å². The van der Waals surface area contributed by atoms with Crippen LogP contribution in [-0.4, -0.2) is 72.2 Å². The molecule has 2 atom stereocenters. The molecule has 0 radical (unpaired) electrons. The number of benzene rings is 4. The fourth-order valence-electron chi connectivity index (χ4n) is 7.32. The fourth-order valence-corrected chi connectivity index (χ4v) is 7.79. The lowest BCUT2D eigenvalue weighted by molar-refractivity contribution is -0.0501. The quantitative estimate of drug-likeness (QED) is 0.152. The Bertz CT molecular complexity index is 2110. The lowest BCUT2D eigenvalue weighted by atomic mass is 9.87. The summed E-state index contributed by atoms with van der Waals surface area (Å²) in [4.78, 5) is 4.28. The smallest absolute Gasteiger partial charge is 0.493 e. The van der Waals surface area contributed by atoms with Crippen LogP contribution in [0.15, 0.2) is 60.7 Å². The molecule has 14 heteroatoms. The second-order valence-corrected chi connectivity index (χ2v) is 14.8. The normalized spacial score (nSPS) is 19.0. The molecule has 0 fully saturated rings. The number of fused-ring (bicyclic) bond motifs is 2. The van der Waals surface area contributed by atoms with Crippen LogP contribution in [0.4, 0.5) is 13.2 Å². The van der Waals surface area contributed by atoms with Gasteiger partial charge >= 0.3 is 15.6 Å². The summed E-state index contributed by atoms with van der Waals surface area (Å²) in [7, 11) is 2.05. The van der Waals surface area contributed by atoms with Crippen molar-refractivity contribution in [1.29, 1.82) is 0 Å². The van der Waals surface area contributed by atoms with Gasteiger partial charge in [0.05, 0.1) is 21.3 Å². The van der Waals surface area contributed by atoms with Crippen molar-refractivity contribution < 1.29 is 49.5 Å². The summed E-state index contributed by atoms with van der Waals surface area (Å²) in [6.07, 6.45) is 2.17. The molecule has 4 aromatic carbocycles. The van der Waals surface area contributed by atoms with Crippen molar-refractivity contribution in [2.45, 2.75) is 43.3 Å². The minimum atomic E-state index is -6.15. The monoisotopic (exact) mass is 740 g/mol. The third-order valence-electron chi connectivity index (χ3n) is 10.1. The Kier molecular flexibility index (Phi) is 9.42. The standard InChI is InChI=1S/C38H39F3N2O8S/c1-42-14-12-24-19-31(47-4)33-21-27(24)28(42)16-22-6-9-26(10-7-22)49-32-18-23(8-11-30(32)46-3)17-29-35-25(13-15-43(29)2)20-34(48-5)36(37(35)50-33)51-52(44,45)38(39,40)41/h6-11,18-21,28-29H,12-17H2,1-5H3. The predicted molar refractivity (Wildman–Crippen MR) is 187 cm³/mol. The van der Waals surface area contributed by atoms with Gasteiger partial charge in [-0.3, -0.25) is 9.80 Å². The number of rotatable bonds is 5. The SMILES string of the molecule is COc1ccc2cc1Oc1ccc(cc1)CC1c3cc(c(OC)cc3CCN1C)Oc1c(OS(=O)(=O)C(F)(F)F)c(OC)cc3c1C(C2)N(C)CC3. The van der Waals surface area contributed by atoms with Crippen LogP contribution < -0.4 is 27.9 Å². The van der Waals surface area contributed by atoms with Crippen molar-refractivity contribution in [3.05, 3.63) is 94.0 Å². The van der Waals surface area contributed by atoms with Crippen LogP contribution in [0.25, 0.3) is 0 Å². The number of hydrogen-bond donors (Lipinski definition) is 0. The van der Waals surface area contributed by atoms with Crippen LogP contribution in [0.5, 0.6) is 46.0 Å². The molecule has 8 rings (SSSR count). The summed E-state index contributed by atoms with van der Waals surface area (Å²) in [5.41, 5.74) is -0.689. The van der Waals surface area contributed by atoms with E-state index in [9.17, 15) is 21.6 Å². The molecule has 0 amide bonds. The van der Waals surface area contributed by atoms with Crippen molar-refractivity contribution in [1.82, 2.24) is 9.80 Å². The molecule has 276 valence electrons. The molecule has 52 heavy (non-hydrogen) atoms. The third kappa shape index (κ3) is 6.59. The first kappa shape index (κ1) is 35.7. The molecule has 4 aliphatic rings. The zero-order chi connectivity index (χ0) is 36.9. The zero-order valence-electron chi connectivity index (χ0n) is 29.4. The lowest BCUT2D eigenvalue weighted by Crippen LogP contribution is -2.34. The molecule has 2 unspecified atom stereocenters. The highest BCUT2D eigenvalue weighted by Crippen LogP contribution is 2.53. The maximum absolute atomic E-state index is 13.9. The summed E-state index contributed by atoms with van der Waals surface area (Å²) < 4.78 is 102. The van der Waals surface area contributed by atoms with Gasteiger partial charge in [0.25, 0.3) is 0 Å². The summed E-state index contributed by atoms with van der Waals surface area (Å²) in [5, 5.41) is 0. The lowest BCUT2D eigenvalue weighted by Gasteiger charge is -2.37. The number of ether oxygens (including phenoxy) is 5. The number of hydrogen-bond acceptors (Lipinski definition) is 10. The first-order valence-electron chi connectivity index (χ1n) is 16.8. The van der Waals surface area contributed by atoms with Gasteiger partial charge in [-0.2, -0.15) is 21.6 Å². The van der Waals surface area contributed by atoms with Crippen LogP contribution >= 0.6 is 0 Å². The summed E-state index contributed by atoms with van der Waals surface area (Å²) >= 11 is 0. The minimum Gasteiger partial charge on any atom is -0.493 e. The van der Waals surface area contributed by atoms with Crippen LogP contribution in [0, 0.1) is 0 Å². The average molecular weight is 741 g/mol. The van der Waals surface area contributed by atoms with E-state index in [1.807, 2.05) is 67.5 Å². The Balaban J connectivity index is 1.51. The topological polar surface area (TPSA) is 96.0 Å². The number of halogens is 3. The van der Waals surface area contributed by atoms with E-state index in [-0.39, 0.29) is 23.3 Å². The van der Waals surface area contributed by atoms with E-state index in [4.69, 9.17) is 27.9 Å². The second-order valence-electron chi connectivity index (χ2n) is 13.2. The summed E-state index contributed by atoms with van der Waals surface area (Å²) in [5.74, 6) is 1.01. The van der Waals surface area contributed by atoms with E-state index in [0.717, 1.165) is 35.2 Å². The molecule has 4 aliphatic heterocycles. The fraction of sp³-hybridized carbons (Fsp3) is 0.368. The Morgan fingerprint density at radius 1 is 0.712 bits per heavy atom. The first-order chi connectivity index (χ1) is 24.8. The van der Waals surface area contributed by atoms with Gasteiger partial charge in [0.1, 0.15) is 5.75 Å². The van der Waals surface area contributed by atoms with Crippen molar-refractivity contribution in [2.75, 3.05) is 48.5 Å². The Morgan fingerprint density at radius 2 is 1.31 bits per heavy atom. The van der Waals surface area contributed by atoms with Gasteiger partial charge in [-0.25, -0.2) is 0 Å². The summed E-state index contributed by atoms with van der Waals surface area (Å²) in [6.45, 7) is 1.37. The second kappa shape index (κ2) is 13.7. The highest BCUT2D eigenvalue weighted by atomic mass is 32.2. The van der Waals surface area contributed by atoms with Gasteiger partial charge in [0.2, 0.25) is 5.75 Å². The van der Waals surface area contributed by atoms with Gasteiger partial charge in [-0.1, -0.05) is 18.2 Å². The summed E-state index contributed by atoms with van der Waals surface area (Å²) in [6, 6.07) is 18.1. The van der Waals surface area contributed by atoms with Crippen molar-refractivity contribution in [2.24, 2.45) is 0 Å². The highest BCUT2D eigenvalue weighted by Gasteiger charge is 2.50.